The number of anilines is 1. The molecule has 2 heterocycles. The molecule has 1 saturated heterocycles. The van der Waals surface area contributed by atoms with Gasteiger partial charge in [0.05, 0.1) is 14.2 Å². The number of benzene rings is 1. The number of thiazole rings is 1. The number of nitrogens with zero attached hydrogens (tertiary/aromatic N) is 3. The van der Waals surface area contributed by atoms with Crippen LogP contribution in [0, 0.1) is 0 Å². The van der Waals surface area contributed by atoms with Gasteiger partial charge in [0.2, 0.25) is 0 Å². The van der Waals surface area contributed by atoms with Crippen molar-refractivity contribution in [2.24, 2.45) is 0 Å². The molecule has 7 nitrogen and oxygen atoms in total. The van der Waals surface area contributed by atoms with Gasteiger partial charge in [-0.3, -0.25) is 0 Å². The average molecular weight is 362 g/mol. The summed E-state index contributed by atoms with van der Waals surface area (Å²) < 4.78 is 10.7. The van der Waals surface area contributed by atoms with Crippen molar-refractivity contribution < 1.29 is 14.3 Å². The van der Waals surface area contributed by atoms with Crippen molar-refractivity contribution >= 4 is 22.5 Å². The molecule has 0 atom stereocenters. The quantitative estimate of drug-likeness (QED) is 0.883. The number of amides is 2. The van der Waals surface area contributed by atoms with E-state index in [0.29, 0.717) is 31.1 Å². The van der Waals surface area contributed by atoms with Crippen molar-refractivity contribution in [2.75, 3.05) is 45.3 Å². The number of aromatic nitrogens is 1. The normalized spacial score (nSPS) is 14.3. The minimum atomic E-state index is -0.0661. The Morgan fingerprint density at radius 3 is 2.68 bits per heavy atom. The SMILES string of the molecule is COc1cccc(CNC(=O)N2CCN(c3nccs3)CC2)c1OC. The van der Waals surface area contributed by atoms with Gasteiger partial charge in [-0.05, 0) is 6.07 Å². The second kappa shape index (κ2) is 8.06. The third-order valence-corrected chi connectivity index (χ3v) is 5.00. The molecule has 0 bridgehead atoms. The molecule has 0 radical (unpaired) electrons. The zero-order valence-corrected chi connectivity index (χ0v) is 15.2. The number of rotatable bonds is 5. The zero-order valence-electron chi connectivity index (χ0n) is 14.4. The molecule has 1 N–H and O–H groups in total. The Balaban J connectivity index is 1.54. The van der Waals surface area contributed by atoms with Crippen LogP contribution in [-0.4, -0.2) is 56.3 Å². The van der Waals surface area contributed by atoms with Crippen molar-refractivity contribution in [3.63, 3.8) is 0 Å². The van der Waals surface area contributed by atoms with Crippen LogP contribution in [0.5, 0.6) is 11.5 Å². The maximum Gasteiger partial charge on any atom is 0.317 e. The highest BCUT2D eigenvalue weighted by atomic mass is 32.1. The van der Waals surface area contributed by atoms with Gasteiger partial charge in [-0.15, -0.1) is 11.3 Å². The second-order valence-corrected chi connectivity index (χ2v) is 6.47. The highest BCUT2D eigenvalue weighted by molar-refractivity contribution is 7.13. The summed E-state index contributed by atoms with van der Waals surface area (Å²) in [6, 6.07) is 5.57. The molecule has 1 aromatic heterocycles. The summed E-state index contributed by atoms with van der Waals surface area (Å²) in [5.41, 5.74) is 0.886. The van der Waals surface area contributed by atoms with Crippen LogP contribution >= 0.6 is 11.3 Å². The first-order valence-corrected chi connectivity index (χ1v) is 8.98. The molecule has 1 aliphatic heterocycles. The van der Waals surface area contributed by atoms with Crippen LogP contribution < -0.4 is 19.7 Å². The number of methoxy groups -OCH3 is 2. The number of carbonyl (C=O) groups excluding carboxylic acids is 1. The average Bonchev–Trinajstić information content (AvgIpc) is 3.20. The van der Waals surface area contributed by atoms with Crippen LogP contribution in [0.1, 0.15) is 5.56 Å². The van der Waals surface area contributed by atoms with E-state index in [1.54, 1.807) is 31.8 Å². The molecule has 0 unspecified atom stereocenters. The minimum absolute atomic E-state index is 0.0661. The van der Waals surface area contributed by atoms with Gasteiger partial charge in [0.25, 0.3) is 0 Å². The number of carbonyl (C=O) groups is 1. The predicted molar refractivity (Wildman–Crippen MR) is 97.7 cm³/mol. The third kappa shape index (κ3) is 3.96. The molecule has 0 spiro atoms. The van der Waals surface area contributed by atoms with E-state index in [-0.39, 0.29) is 6.03 Å². The van der Waals surface area contributed by atoms with Crippen molar-refractivity contribution in [3.05, 3.63) is 35.3 Å². The fraction of sp³-hybridized carbons (Fsp3) is 0.412. The van der Waals surface area contributed by atoms with Crippen LogP contribution in [0.2, 0.25) is 0 Å². The third-order valence-electron chi connectivity index (χ3n) is 4.17. The van der Waals surface area contributed by atoms with Crippen LogP contribution in [0.25, 0.3) is 0 Å². The van der Waals surface area contributed by atoms with Crippen LogP contribution in [0.15, 0.2) is 29.8 Å². The lowest BCUT2D eigenvalue weighted by molar-refractivity contribution is 0.193. The summed E-state index contributed by atoms with van der Waals surface area (Å²) in [6.07, 6.45) is 1.81. The first kappa shape index (κ1) is 17.3. The van der Waals surface area contributed by atoms with Gasteiger partial charge in [-0.2, -0.15) is 0 Å². The lowest BCUT2D eigenvalue weighted by atomic mass is 10.2. The van der Waals surface area contributed by atoms with Crippen LogP contribution in [0.3, 0.4) is 0 Å². The maximum atomic E-state index is 12.4. The number of ether oxygens (including phenoxy) is 2. The van der Waals surface area contributed by atoms with Crippen molar-refractivity contribution in [2.45, 2.75) is 6.54 Å². The van der Waals surface area contributed by atoms with Gasteiger partial charge >= 0.3 is 6.03 Å². The van der Waals surface area contributed by atoms with Gasteiger partial charge in [0.15, 0.2) is 16.6 Å². The molecular formula is C17H22N4O3S. The van der Waals surface area contributed by atoms with Crippen molar-refractivity contribution in [1.29, 1.82) is 0 Å². The van der Waals surface area contributed by atoms with Gasteiger partial charge in [0.1, 0.15) is 0 Å². The van der Waals surface area contributed by atoms with E-state index in [4.69, 9.17) is 9.47 Å². The minimum Gasteiger partial charge on any atom is -0.493 e. The Bertz CT molecular complexity index is 700. The Morgan fingerprint density at radius 1 is 1.24 bits per heavy atom. The first-order chi connectivity index (χ1) is 12.2. The van der Waals surface area contributed by atoms with Gasteiger partial charge in [0, 0.05) is 49.9 Å². The first-order valence-electron chi connectivity index (χ1n) is 8.10. The van der Waals surface area contributed by atoms with E-state index in [2.05, 4.69) is 15.2 Å². The smallest absolute Gasteiger partial charge is 0.317 e. The molecule has 25 heavy (non-hydrogen) atoms. The monoisotopic (exact) mass is 362 g/mol. The predicted octanol–water partition coefficient (Wildman–Crippen LogP) is 2.19. The molecule has 1 aliphatic rings. The Morgan fingerprint density at radius 2 is 2.04 bits per heavy atom. The topological polar surface area (TPSA) is 66.9 Å². The Hall–Kier alpha value is -2.48. The highest BCUT2D eigenvalue weighted by Crippen LogP contribution is 2.30. The van der Waals surface area contributed by atoms with Gasteiger partial charge in [-0.1, -0.05) is 12.1 Å². The summed E-state index contributed by atoms with van der Waals surface area (Å²) in [5.74, 6) is 1.31. The van der Waals surface area contributed by atoms with Gasteiger partial charge < -0.3 is 24.6 Å². The van der Waals surface area contributed by atoms with Gasteiger partial charge in [-0.25, -0.2) is 9.78 Å². The number of piperazine rings is 1. The number of urea groups is 1. The summed E-state index contributed by atoms with van der Waals surface area (Å²) in [6.45, 7) is 3.35. The fourth-order valence-electron chi connectivity index (χ4n) is 2.85. The van der Waals surface area contributed by atoms with Crippen LogP contribution in [-0.2, 0) is 6.54 Å². The molecule has 1 fully saturated rings. The van der Waals surface area contributed by atoms with E-state index >= 15 is 0 Å². The van der Waals surface area contributed by atoms with E-state index < -0.39 is 0 Å². The van der Waals surface area contributed by atoms with Crippen molar-refractivity contribution in [3.8, 4) is 11.5 Å². The molecular weight excluding hydrogens is 340 g/mol. The highest BCUT2D eigenvalue weighted by Gasteiger charge is 2.22. The lowest BCUT2D eigenvalue weighted by Crippen LogP contribution is -2.51. The summed E-state index contributed by atoms with van der Waals surface area (Å²) in [4.78, 5) is 20.8. The number of para-hydroxylation sites is 1. The molecule has 8 heteroatoms. The molecule has 2 amide bonds. The van der Waals surface area contributed by atoms with E-state index in [1.807, 2.05) is 28.5 Å². The molecule has 2 aromatic rings. The zero-order chi connectivity index (χ0) is 17.6. The number of hydrogen-bond donors (Lipinski definition) is 1. The maximum absolute atomic E-state index is 12.4. The summed E-state index contributed by atoms with van der Waals surface area (Å²) >= 11 is 1.62. The van der Waals surface area contributed by atoms with E-state index in [0.717, 1.165) is 23.8 Å². The van der Waals surface area contributed by atoms with E-state index in [1.165, 1.54) is 0 Å². The fourth-order valence-corrected chi connectivity index (χ4v) is 3.55. The van der Waals surface area contributed by atoms with Crippen LogP contribution in [0.4, 0.5) is 9.93 Å². The number of hydrogen-bond acceptors (Lipinski definition) is 6. The van der Waals surface area contributed by atoms with Crippen molar-refractivity contribution in [1.82, 2.24) is 15.2 Å². The molecule has 0 saturated carbocycles. The Kier molecular flexibility index (Phi) is 5.60. The second-order valence-electron chi connectivity index (χ2n) is 5.60. The standard InChI is InChI=1S/C17H22N4O3S/c1-23-14-5-3-4-13(15(14)24-2)12-19-16(22)20-7-9-21(10-8-20)17-18-6-11-25-17/h3-6,11H,7-10,12H2,1-2H3,(H,19,22). The molecule has 134 valence electrons. The largest absolute Gasteiger partial charge is 0.493 e. The molecule has 1 aromatic carbocycles. The van der Waals surface area contributed by atoms with E-state index in [9.17, 15) is 4.79 Å². The molecule has 3 rings (SSSR count). The summed E-state index contributed by atoms with van der Waals surface area (Å²) in [5, 5.41) is 5.95. The Labute approximate surface area is 151 Å². The molecule has 0 aliphatic carbocycles. The number of nitrogens with one attached hydrogen (secondary N) is 1. The summed E-state index contributed by atoms with van der Waals surface area (Å²) in [7, 11) is 3.20. The lowest BCUT2D eigenvalue weighted by Gasteiger charge is -2.34.